The fourth-order valence-corrected chi connectivity index (χ4v) is 5.35. The summed E-state index contributed by atoms with van der Waals surface area (Å²) in [6.07, 6.45) is 28.6. The van der Waals surface area contributed by atoms with E-state index >= 15 is 0 Å². The summed E-state index contributed by atoms with van der Waals surface area (Å²) >= 11 is 0. The van der Waals surface area contributed by atoms with Gasteiger partial charge in [0.05, 0.1) is 12.2 Å². The Morgan fingerprint density at radius 3 is 1.46 bits per heavy atom. The number of hydrogen-bond acceptors (Lipinski definition) is 2. The van der Waals surface area contributed by atoms with Crippen molar-refractivity contribution in [1.29, 1.82) is 0 Å². The van der Waals surface area contributed by atoms with Gasteiger partial charge in [-0.2, -0.15) is 0 Å². The first-order chi connectivity index (χ1) is 18.0. The van der Waals surface area contributed by atoms with Gasteiger partial charge >= 0.3 is 5.97 Å². The average Bonchev–Trinajstić information content (AvgIpc) is 2.91. The predicted molar refractivity (Wildman–Crippen MR) is 163 cm³/mol. The van der Waals surface area contributed by atoms with E-state index in [1.165, 1.54) is 140 Å². The maximum absolute atomic E-state index is 12.9. The highest BCUT2D eigenvalue weighted by Crippen LogP contribution is 2.32. The fraction of sp³-hybridized carbons (Fsp3) is 0.800. The number of carbonyl (C=O) groups excluding carboxylic acids is 1. The van der Waals surface area contributed by atoms with Crippen LogP contribution in [0.3, 0.4) is 0 Å². The number of ether oxygens (including phenoxy) is 1. The minimum Gasteiger partial charge on any atom is -0.462 e. The van der Waals surface area contributed by atoms with Crippen LogP contribution in [0.15, 0.2) is 24.3 Å². The van der Waals surface area contributed by atoms with Crippen molar-refractivity contribution in [2.24, 2.45) is 5.41 Å². The van der Waals surface area contributed by atoms with E-state index in [1.807, 2.05) is 12.1 Å². The van der Waals surface area contributed by atoms with Crippen LogP contribution in [-0.4, -0.2) is 12.6 Å². The topological polar surface area (TPSA) is 26.3 Å². The Bertz CT molecular complexity index is 650. The summed E-state index contributed by atoms with van der Waals surface area (Å²) in [6, 6.07) is 8.17. The quantitative estimate of drug-likeness (QED) is 0.0957. The molecule has 1 rings (SSSR count). The second-order valence-corrected chi connectivity index (χ2v) is 12.0. The van der Waals surface area contributed by atoms with Gasteiger partial charge in [0.1, 0.15) is 0 Å². The second-order valence-electron chi connectivity index (χ2n) is 12.0. The number of aryl methyl sites for hydroxylation is 1. The van der Waals surface area contributed by atoms with Gasteiger partial charge < -0.3 is 4.74 Å². The summed E-state index contributed by atoms with van der Waals surface area (Å²) in [5.74, 6) is -0.153. The van der Waals surface area contributed by atoms with Crippen molar-refractivity contribution >= 4 is 5.97 Å². The lowest BCUT2D eigenvalue weighted by atomic mass is 9.80. The molecule has 1 aromatic carbocycles. The molecule has 0 bridgehead atoms. The smallest absolute Gasteiger partial charge is 0.338 e. The van der Waals surface area contributed by atoms with Crippen LogP contribution in [0.1, 0.15) is 178 Å². The molecule has 1 unspecified atom stereocenters. The van der Waals surface area contributed by atoms with Gasteiger partial charge in [-0.25, -0.2) is 4.79 Å². The van der Waals surface area contributed by atoms with Crippen LogP contribution in [0.5, 0.6) is 0 Å². The van der Waals surface area contributed by atoms with E-state index in [1.54, 1.807) is 0 Å². The Labute approximate surface area is 231 Å². The number of hydrogen-bond donors (Lipinski definition) is 0. The summed E-state index contributed by atoms with van der Waals surface area (Å²) < 4.78 is 5.94. The van der Waals surface area contributed by atoms with Crippen LogP contribution in [0.25, 0.3) is 0 Å². The molecule has 214 valence electrons. The predicted octanol–water partition coefficient (Wildman–Crippen LogP) is 11.6. The van der Waals surface area contributed by atoms with Crippen molar-refractivity contribution in [3.05, 3.63) is 35.4 Å². The molecular weight excluding hydrogens is 452 g/mol. The molecule has 1 atom stereocenters. The van der Waals surface area contributed by atoms with E-state index in [9.17, 15) is 4.79 Å². The van der Waals surface area contributed by atoms with Crippen LogP contribution in [-0.2, 0) is 11.2 Å². The third-order valence-corrected chi connectivity index (χ3v) is 8.08. The lowest BCUT2D eigenvalue weighted by Gasteiger charge is -2.29. The first kappa shape index (κ1) is 33.7. The van der Waals surface area contributed by atoms with E-state index in [0.29, 0.717) is 12.2 Å². The maximum Gasteiger partial charge on any atom is 0.338 e. The highest BCUT2D eigenvalue weighted by Gasteiger charge is 2.26. The maximum atomic E-state index is 12.9. The Morgan fingerprint density at radius 2 is 1.00 bits per heavy atom. The molecular formula is C35H62O2. The molecule has 0 N–H and O–H groups in total. The zero-order valence-electron chi connectivity index (χ0n) is 25.4. The molecule has 0 aliphatic heterocycles. The number of rotatable bonds is 25. The summed E-state index contributed by atoms with van der Waals surface area (Å²) in [6.45, 7) is 9.72. The van der Waals surface area contributed by atoms with Crippen LogP contribution < -0.4 is 0 Å². The molecule has 0 heterocycles. The lowest BCUT2D eigenvalue weighted by molar-refractivity contribution is 0.0264. The van der Waals surface area contributed by atoms with Crippen molar-refractivity contribution in [2.75, 3.05) is 6.61 Å². The highest BCUT2D eigenvalue weighted by molar-refractivity contribution is 5.89. The lowest BCUT2D eigenvalue weighted by Crippen LogP contribution is -2.25. The minimum absolute atomic E-state index is 0.0983. The minimum atomic E-state index is -0.153. The molecule has 0 aromatic heterocycles. The summed E-state index contributed by atoms with van der Waals surface area (Å²) in [7, 11) is 0. The number of unbranched alkanes of at least 4 members (excludes halogenated alkanes) is 16. The van der Waals surface area contributed by atoms with Gasteiger partial charge in [0.25, 0.3) is 0 Å². The second kappa shape index (κ2) is 22.7. The average molecular weight is 515 g/mol. The molecule has 0 saturated carbocycles. The third-order valence-electron chi connectivity index (χ3n) is 8.08. The molecule has 0 radical (unpaired) electrons. The Kier molecular flexibility index (Phi) is 20.6. The molecule has 0 fully saturated rings. The van der Waals surface area contributed by atoms with E-state index in [4.69, 9.17) is 4.74 Å². The highest BCUT2D eigenvalue weighted by atomic mass is 16.5. The number of esters is 1. The molecule has 0 aliphatic rings. The summed E-state index contributed by atoms with van der Waals surface area (Å²) in [5, 5.41) is 0. The molecule has 37 heavy (non-hydrogen) atoms. The zero-order chi connectivity index (χ0) is 27.0. The van der Waals surface area contributed by atoms with Crippen molar-refractivity contribution < 1.29 is 9.53 Å². The van der Waals surface area contributed by atoms with Crippen LogP contribution in [0.4, 0.5) is 0 Å². The van der Waals surface area contributed by atoms with Crippen molar-refractivity contribution in [2.45, 2.75) is 169 Å². The zero-order valence-corrected chi connectivity index (χ0v) is 25.4. The van der Waals surface area contributed by atoms with Crippen LogP contribution in [0, 0.1) is 5.41 Å². The Morgan fingerprint density at radius 1 is 0.595 bits per heavy atom. The summed E-state index contributed by atoms with van der Waals surface area (Å²) in [4.78, 5) is 12.9. The van der Waals surface area contributed by atoms with Gasteiger partial charge in [-0.05, 0) is 43.4 Å². The molecule has 2 nitrogen and oxygen atoms in total. The van der Waals surface area contributed by atoms with Gasteiger partial charge in [-0.15, -0.1) is 0 Å². The fourth-order valence-electron chi connectivity index (χ4n) is 5.35. The van der Waals surface area contributed by atoms with Crippen LogP contribution >= 0.6 is 0 Å². The molecule has 0 aliphatic carbocycles. The molecule has 0 saturated heterocycles. The van der Waals surface area contributed by atoms with Crippen LogP contribution in [0.2, 0.25) is 0 Å². The normalized spacial score (nSPS) is 13.0. The monoisotopic (exact) mass is 514 g/mol. The standard InChI is InChI=1S/C35H62O2/c1-5-8-11-14-16-17-20-23-30-35(4,29-22-19-15-12-9-6-2)31-37-34(36)33-27-25-32(26-28-33)24-21-18-13-10-7-3/h25-28H,5-24,29-31H2,1-4H3. The van der Waals surface area contributed by atoms with Crippen molar-refractivity contribution in [1.82, 2.24) is 0 Å². The summed E-state index contributed by atoms with van der Waals surface area (Å²) in [5.41, 5.74) is 2.13. The van der Waals surface area contributed by atoms with Gasteiger partial charge in [-0.3, -0.25) is 0 Å². The van der Waals surface area contributed by atoms with Gasteiger partial charge in [0.2, 0.25) is 0 Å². The molecule has 0 spiro atoms. The van der Waals surface area contributed by atoms with Crippen molar-refractivity contribution in [3.63, 3.8) is 0 Å². The number of benzene rings is 1. The van der Waals surface area contributed by atoms with E-state index in [0.717, 1.165) is 6.42 Å². The van der Waals surface area contributed by atoms with E-state index in [2.05, 4.69) is 39.8 Å². The first-order valence-corrected chi connectivity index (χ1v) is 16.3. The third kappa shape index (κ3) is 17.8. The van der Waals surface area contributed by atoms with Gasteiger partial charge in [0.15, 0.2) is 0 Å². The Balaban J connectivity index is 2.48. The van der Waals surface area contributed by atoms with Gasteiger partial charge in [-0.1, -0.05) is 155 Å². The first-order valence-electron chi connectivity index (χ1n) is 16.3. The van der Waals surface area contributed by atoms with E-state index in [-0.39, 0.29) is 11.4 Å². The van der Waals surface area contributed by atoms with Gasteiger partial charge in [0, 0.05) is 5.41 Å². The Hall–Kier alpha value is -1.31. The SMILES string of the molecule is CCCCCCCCCCC(C)(CCCCCCCC)COC(=O)c1ccc(CCCCCCC)cc1. The number of carbonyl (C=O) groups is 1. The molecule has 0 amide bonds. The van der Waals surface area contributed by atoms with E-state index < -0.39 is 0 Å². The van der Waals surface area contributed by atoms with Crippen molar-refractivity contribution in [3.8, 4) is 0 Å². The molecule has 1 aromatic rings. The molecule has 2 heteroatoms. The largest absolute Gasteiger partial charge is 0.462 e.